The van der Waals surface area contributed by atoms with E-state index >= 15 is 0 Å². The minimum atomic E-state index is 0.761. The van der Waals surface area contributed by atoms with Crippen LogP contribution in [0, 0.1) is 12.3 Å². The van der Waals surface area contributed by atoms with E-state index < -0.39 is 0 Å². The van der Waals surface area contributed by atoms with E-state index in [2.05, 4.69) is 30.7 Å². The van der Waals surface area contributed by atoms with E-state index in [0.29, 0.717) is 0 Å². The number of rotatable bonds is 4. The third-order valence-corrected chi connectivity index (χ3v) is 2.99. The highest BCUT2D eigenvalue weighted by Crippen LogP contribution is 2.23. The second-order valence-corrected chi connectivity index (χ2v) is 4.32. The highest BCUT2D eigenvalue weighted by molar-refractivity contribution is 5.13. The van der Waals surface area contributed by atoms with E-state index in [1.165, 1.54) is 31.2 Å². The fourth-order valence-electron chi connectivity index (χ4n) is 2.09. The van der Waals surface area contributed by atoms with E-state index in [9.17, 15) is 0 Å². The third kappa shape index (κ3) is 3.67. The fraction of sp³-hybridized carbons (Fsp3) is 0.500. The first-order valence-electron chi connectivity index (χ1n) is 5.88. The van der Waals surface area contributed by atoms with Crippen LogP contribution >= 0.6 is 0 Å². The van der Waals surface area contributed by atoms with Crippen LogP contribution in [-0.2, 0) is 11.3 Å². The Morgan fingerprint density at radius 1 is 1.20 bits per heavy atom. The van der Waals surface area contributed by atoms with Gasteiger partial charge in [-0.25, -0.2) is 0 Å². The molecule has 1 aromatic rings. The molecule has 0 bridgehead atoms. The van der Waals surface area contributed by atoms with Crippen LogP contribution in [0.2, 0.25) is 0 Å². The van der Waals surface area contributed by atoms with Gasteiger partial charge >= 0.3 is 0 Å². The molecule has 1 nitrogen and oxygen atoms in total. The predicted octanol–water partition coefficient (Wildman–Crippen LogP) is 3.60. The zero-order chi connectivity index (χ0) is 10.3. The van der Waals surface area contributed by atoms with Gasteiger partial charge in [-0.2, -0.15) is 0 Å². The molecule has 0 aliphatic heterocycles. The van der Waals surface area contributed by atoms with Crippen molar-refractivity contribution < 1.29 is 4.74 Å². The number of hydrogen-bond acceptors (Lipinski definition) is 1. The van der Waals surface area contributed by atoms with Crippen molar-refractivity contribution in [3.8, 4) is 0 Å². The van der Waals surface area contributed by atoms with Gasteiger partial charge in [-0.1, -0.05) is 43.2 Å². The van der Waals surface area contributed by atoms with Gasteiger partial charge < -0.3 is 4.74 Å². The van der Waals surface area contributed by atoms with Crippen LogP contribution in [0.15, 0.2) is 30.3 Å². The molecule has 0 unspecified atom stereocenters. The summed E-state index contributed by atoms with van der Waals surface area (Å²) in [6.07, 6.45) is 7.63. The van der Waals surface area contributed by atoms with Gasteiger partial charge in [-0.3, -0.25) is 0 Å². The first kappa shape index (κ1) is 10.7. The second kappa shape index (κ2) is 5.92. The van der Waals surface area contributed by atoms with Crippen LogP contribution < -0.4 is 0 Å². The number of benzene rings is 1. The molecule has 1 aliphatic carbocycles. The standard InChI is InChI=1S/C14H19O/c1-3-7-13(8-4-1)11-15-12-14-9-5-2-6-10-14/h1,3-5,7-8,14H,2,6,9-12H2/t14-/m0/s1. The molecule has 1 heteroatoms. The largest absolute Gasteiger partial charge is 0.376 e. The van der Waals surface area contributed by atoms with Crippen molar-refractivity contribution in [3.63, 3.8) is 0 Å². The summed E-state index contributed by atoms with van der Waals surface area (Å²) in [6, 6.07) is 10.4. The maximum Gasteiger partial charge on any atom is 0.0717 e. The van der Waals surface area contributed by atoms with E-state index in [4.69, 9.17) is 4.74 Å². The highest BCUT2D eigenvalue weighted by atomic mass is 16.5. The summed E-state index contributed by atoms with van der Waals surface area (Å²) in [5, 5.41) is 0. The summed E-state index contributed by atoms with van der Waals surface area (Å²) in [5.74, 6) is 0.766. The molecule has 0 amide bonds. The number of ether oxygens (including phenoxy) is 1. The van der Waals surface area contributed by atoms with Crippen molar-refractivity contribution >= 4 is 0 Å². The lowest BCUT2D eigenvalue weighted by molar-refractivity contribution is 0.0793. The van der Waals surface area contributed by atoms with Crippen molar-refractivity contribution in [1.29, 1.82) is 0 Å². The molecule has 0 saturated heterocycles. The summed E-state index contributed by atoms with van der Waals surface area (Å²) in [6.45, 7) is 1.68. The fourth-order valence-corrected chi connectivity index (χ4v) is 2.09. The number of hydrogen-bond donors (Lipinski definition) is 0. The van der Waals surface area contributed by atoms with Crippen molar-refractivity contribution in [2.45, 2.75) is 32.3 Å². The van der Waals surface area contributed by atoms with E-state index in [0.717, 1.165) is 19.1 Å². The van der Waals surface area contributed by atoms with Crippen LogP contribution in [0.1, 0.15) is 31.2 Å². The molecule has 0 heterocycles. The lowest BCUT2D eigenvalue weighted by Gasteiger charge is -2.21. The molecule has 0 N–H and O–H groups in total. The Morgan fingerprint density at radius 3 is 2.80 bits per heavy atom. The quantitative estimate of drug-likeness (QED) is 0.726. The second-order valence-electron chi connectivity index (χ2n) is 4.32. The van der Waals surface area contributed by atoms with E-state index in [1.807, 2.05) is 6.07 Å². The van der Waals surface area contributed by atoms with E-state index in [1.54, 1.807) is 0 Å². The van der Waals surface area contributed by atoms with Crippen molar-refractivity contribution in [2.75, 3.05) is 6.61 Å². The van der Waals surface area contributed by atoms with Crippen LogP contribution in [0.5, 0.6) is 0 Å². The Hall–Kier alpha value is -0.820. The minimum Gasteiger partial charge on any atom is -0.376 e. The molecule has 81 valence electrons. The van der Waals surface area contributed by atoms with Crippen LogP contribution in [0.3, 0.4) is 0 Å². The summed E-state index contributed by atoms with van der Waals surface area (Å²) < 4.78 is 5.74. The summed E-state index contributed by atoms with van der Waals surface area (Å²) in [4.78, 5) is 0. The zero-order valence-electron chi connectivity index (χ0n) is 9.19. The van der Waals surface area contributed by atoms with Gasteiger partial charge in [0, 0.05) is 6.61 Å². The zero-order valence-corrected chi connectivity index (χ0v) is 9.19. The third-order valence-electron chi connectivity index (χ3n) is 2.99. The summed E-state index contributed by atoms with van der Waals surface area (Å²) in [7, 11) is 0. The summed E-state index contributed by atoms with van der Waals surface area (Å²) in [5.41, 5.74) is 1.28. The van der Waals surface area contributed by atoms with Gasteiger partial charge in [-0.05, 0) is 30.7 Å². The average molecular weight is 203 g/mol. The van der Waals surface area contributed by atoms with Crippen LogP contribution in [0.25, 0.3) is 0 Å². The van der Waals surface area contributed by atoms with Crippen LogP contribution in [0.4, 0.5) is 0 Å². The molecule has 0 aromatic heterocycles. The molecule has 1 aromatic carbocycles. The lowest BCUT2D eigenvalue weighted by atomic mass is 9.90. The van der Waals surface area contributed by atoms with Gasteiger partial charge in [0.25, 0.3) is 0 Å². The van der Waals surface area contributed by atoms with Gasteiger partial charge in [0.05, 0.1) is 6.61 Å². The van der Waals surface area contributed by atoms with Crippen molar-refractivity contribution in [2.24, 2.45) is 5.92 Å². The molecule has 1 atom stereocenters. The minimum absolute atomic E-state index is 0.761. The van der Waals surface area contributed by atoms with Crippen molar-refractivity contribution in [1.82, 2.24) is 0 Å². The topological polar surface area (TPSA) is 9.23 Å². The molecule has 15 heavy (non-hydrogen) atoms. The van der Waals surface area contributed by atoms with Crippen molar-refractivity contribution in [3.05, 3.63) is 42.3 Å². The van der Waals surface area contributed by atoms with Gasteiger partial charge in [0.15, 0.2) is 0 Å². The van der Waals surface area contributed by atoms with Gasteiger partial charge in [0.1, 0.15) is 0 Å². The lowest BCUT2D eigenvalue weighted by Crippen LogP contribution is -2.13. The smallest absolute Gasteiger partial charge is 0.0717 e. The molecular weight excluding hydrogens is 184 g/mol. The molecular formula is C14H19O. The monoisotopic (exact) mass is 203 g/mol. The maximum atomic E-state index is 5.74. The first-order valence-corrected chi connectivity index (χ1v) is 5.88. The Kier molecular flexibility index (Phi) is 4.22. The molecule has 0 spiro atoms. The first-order chi connectivity index (χ1) is 7.45. The Morgan fingerprint density at radius 2 is 2.07 bits per heavy atom. The van der Waals surface area contributed by atoms with Gasteiger partial charge in [-0.15, -0.1) is 0 Å². The molecule has 1 radical (unpaired) electrons. The molecule has 2 rings (SSSR count). The highest BCUT2D eigenvalue weighted by Gasteiger charge is 2.13. The normalized spacial score (nSPS) is 17.9. The summed E-state index contributed by atoms with van der Waals surface area (Å²) >= 11 is 0. The van der Waals surface area contributed by atoms with Crippen LogP contribution in [-0.4, -0.2) is 6.61 Å². The SMILES string of the molecule is [CH]1CCC[C@@H](COCc2ccccc2)C1. The Bertz CT molecular complexity index is 262. The Labute approximate surface area is 92.5 Å². The Balaban J connectivity index is 1.66. The average Bonchev–Trinajstić information content (AvgIpc) is 2.32. The van der Waals surface area contributed by atoms with Gasteiger partial charge in [0.2, 0.25) is 0 Å². The molecule has 1 fully saturated rings. The molecule has 1 aliphatic rings. The van der Waals surface area contributed by atoms with E-state index in [-0.39, 0.29) is 0 Å². The maximum absolute atomic E-state index is 5.74. The molecule has 1 saturated carbocycles. The predicted molar refractivity (Wildman–Crippen MR) is 62.4 cm³/mol.